The van der Waals surface area contributed by atoms with Gasteiger partial charge in [0.1, 0.15) is 11.3 Å². The van der Waals surface area contributed by atoms with E-state index in [0.717, 1.165) is 4.90 Å². The Morgan fingerprint density at radius 1 is 1.07 bits per heavy atom. The molecule has 28 heavy (non-hydrogen) atoms. The summed E-state index contributed by atoms with van der Waals surface area (Å²) >= 11 is 0. The number of carbonyl (C=O) groups excluding carboxylic acids is 3. The second-order valence-corrected chi connectivity index (χ2v) is 5.82. The summed E-state index contributed by atoms with van der Waals surface area (Å²) in [4.78, 5) is 38.0. The average Bonchev–Trinajstić information content (AvgIpc) is 2.67. The topological polar surface area (TPSA) is 105 Å². The molecule has 0 atom stereocenters. The minimum absolute atomic E-state index is 0.0121. The summed E-state index contributed by atoms with van der Waals surface area (Å²) < 4.78 is 10.7. The Hall–Kier alpha value is -3.81. The van der Waals surface area contributed by atoms with Crippen LogP contribution >= 0.6 is 0 Å². The highest BCUT2D eigenvalue weighted by Crippen LogP contribution is 2.30. The molecule has 2 aromatic rings. The van der Waals surface area contributed by atoms with E-state index in [4.69, 9.17) is 9.47 Å². The van der Waals surface area contributed by atoms with Crippen LogP contribution in [-0.2, 0) is 9.59 Å². The van der Waals surface area contributed by atoms with Gasteiger partial charge in [-0.05, 0) is 55.0 Å². The summed E-state index contributed by atoms with van der Waals surface area (Å²) in [6.45, 7) is 2.30. The average molecular weight is 382 g/mol. The van der Waals surface area contributed by atoms with Crippen molar-refractivity contribution in [3.63, 3.8) is 0 Å². The molecule has 0 radical (unpaired) electrons. The molecule has 0 spiro atoms. The molecule has 8 nitrogen and oxygen atoms in total. The second-order valence-electron chi connectivity index (χ2n) is 5.82. The van der Waals surface area contributed by atoms with E-state index in [1.165, 1.54) is 37.5 Å². The first-order valence-corrected chi connectivity index (χ1v) is 8.46. The van der Waals surface area contributed by atoms with Crippen LogP contribution in [0.15, 0.2) is 48.0 Å². The molecule has 1 aliphatic heterocycles. The lowest BCUT2D eigenvalue weighted by molar-refractivity contribution is -0.122. The number of aromatic hydroxyl groups is 1. The molecule has 2 aromatic carbocycles. The Morgan fingerprint density at radius 2 is 1.79 bits per heavy atom. The summed E-state index contributed by atoms with van der Waals surface area (Å²) in [6, 6.07) is 9.59. The Morgan fingerprint density at radius 3 is 2.43 bits per heavy atom. The molecule has 0 unspecified atom stereocenters. The predicted molar refractivity (Wildman–Crippen MR) is 101 cm³/mol. The van der Waals surface area contributed by atoms with E-state index in [0.29, 0.717) is 23.7 Å². The standard InChI is InChI=1S/C20H18N2O6/c1-3-28-16-9-4-12(11-17(16)27-2)10-15-18(24)21-20(26)22(19(15)25)13-5-7-14(23)8-6-13/h4-11,23H,3H2,1-2H3,(H,21,24,26)/b15-10+. The van der Waals surface area contributed by atoms with Gasteiger partial charge in [-0.3, -0.25) is 14.9 Å². The molecule has 4 amide bonds. The van der Waals surface area contributed by atoms with E-state index >= 15 is 0 Å². The van der Waals surface area contributed by atoms with Crippen LogP contribution in [0, 0.1) is 0 Å². The fourth-order valence-electron chi connectivity index (χ4n) is 2.71. The predicted octanol–water partition coefficient (Wildman–Crippen LogP) is 2.47. The van der Waals surface area contributed by atoms with Crippen LogP contribution in [0.4, 0.5) is 10.5 Å². The molecule has 0 aromatic heterocycles. The van der Waals surface area contributed by atoms with Gasteiger partial charge in [0.15, 0.2) is 11.5 Å². The summed E-state index contributed by atoms with van der Waals surface area (Å²) in [5.41, 5.74) is 0.542. The number of hydrogen-bond acceptors (Lipinski definition) is 6. The molecule has 0 bridgehead atoms. The third-order valence-electron chi connectivity index (χ3n) is 4.01. The minimum atomic E-state index is -0.859. The maximum Gasteiger partial charge on any atom is 0.335 e. The van der Waals surface area contributed by atoms with Gasteiger partial charge < -0.3 is 14.6 Å². The van der Waals surface area contributed by atoms with Gasteiger partial charge in [-0.25, -0.2) is 9.69 Å². The molecular formula is C20H18N2O6. The van der Waals surface area contributed by atoms with E-state index in [-0.39, 0.29) is 17.0 Å². The van der Waals surface area contributed by atoms with Crippen molar-refractivity contribution < 1.29 is 29.0 Å². The molecule has 3 rings (SSSR count). The fourth-order valence-corrected chi connectivity index (χ4v) is 2.71. The number of carbonyl (C=O) groups is 3. The molecular weight excluding hydrogens is 364 g/mol. The highest BCUT2D eigenvalue weighted by atomic mass is 16.5. The Kier molecular flexibility index (Phi) is 5.30. The maximum absolute atomic E-state index is 12.8. The number of ether oxygens (including phenoxy) is 2. The number of urea groups is 1. The van der Waals surface area contributed by atoms with Crippen molar-refractivity contribution in [2.75, 3.05) is 18.6 Å². The van der Waals surface area contributed by atoms with Crippen molar-refractivity contribution >= 4 is 29.6 Å². The molecule has 8 heteroatoms. The number of anilines is 1. The second kappa shape index (κ2) is 7.83. The molecule has 0 saturated carbocycles. The summed E-state index contributed by atoms with van der Waals surface area (Å²) in [6.07, 6.45) is 1.37. The van der Waals surface area contributed by atoms with Gasteiger partial charge in [0.25, 0.3) is 11.8 Å². The number of hydrogen-bond donors (Lipinski definition) is 2. The molecule has 2 N–H and O–H groups in total. The first kappa shape index (κ1) is 19.0. The van der Waals surface area contributed by atoms with Crippen LogP contribution in [-0.4, -0.2) is 36.7 Å². The molecule has 1 fully saturated rings. The molecule has 0 aliphatic carbocycles. The number of imide groups is 2. The Balaban J connectivity index is 1.98. The summed E-state index contributed by atoms with van der Waals surface area (Å²) in [7, 11) is 1.48. The third kappa shape index (κ3) is 3.66. The lowest BCUT2D eigenvalue weighted by Gasteiger charge is -2.26. The zero-order valence-electron chi connectivity index (χ0n) is 15.3. The number of benzene rings is 2. The molecule has 1 aliphatic rings. The van der Waals surface area contributed by atoms with Crippen molar-refractivity contribution in [1.82, 2.24) is 5.32 Å². The number of rotatable bonds is 5. The van der Waals surface area contributed by atoms with Gasteiger partial charge in [0.2, 0.25) is 0 Å². The van der Waals surface area contributed by atoms with Gasteiger partial charge in [0.05, 0.1) is 19.4 Å². The van der Waals surface area contributed by atoms with Crippen LogP contribution in [0.2, 0.25) is 0 Å². The van der Waals surface area contributed by atoms with Crippen molar-refractivity contribution in [2.24, 2.45) is 0 Å². The normalized spacial score (nSPS) is 15.6. The van der Waals surface area contributed by atoms with E-state index in [2.05, 4.69) is 5.32 Å². The fraction of sp³-hybridized carbons (Fsp3) is 0.150. The van der Waals surface area contributed by atoms with Gasteiger partial charge in [-0.15, -0.1) is 0 Å². The molecule has 1 heterocycles. The van der Waals surface area contributed by atoms with E-state index in [9.17, 15) is 19.5 Å². The highest BCUT2D eigenvalue weighted by Gasteiger charge is 2.36. The number of barbiturate groups is 1. The smallest absolute Gasteiger partial charge is 0.335 e. The zero-order valence-corrected chi connectivity index (χ0v) is 15.3. The van der Waals surface area contributed by atoms with Gasteiger partial charge in [0, 0.05) is 0 Å². The lowest BCUT2D eigenvalue weighted by atomic mass is 10.1. The quantitative estimate of drug-likeness (QED) is 0.608. The zero-order chi connectivity index (χ0) is 20.3. The van der Waals surface area contributed by atoms with Crippen molar-refractivity contribution in [3.05, 3.63) is 53.6 Å². The van der Waals surface area contributed by atoms with Crippen LogP contribution < -0.4 is 19.7 Å². The number of nitrogens with zero attached hydrogens (tertiary/aromatic N) is 1. The van der Waals surface area contributed by atoms with Gasteiger partial charge in [-0.1, -0.05) is 6.07 Å². The van der Waals surface area contributed by atoms with E-state index in [1.54, 1.807) is 18.2 Å². The van der Waals surface area contributed by atoms with Crippen molar-refractivity contribution in [1.29, 1.82) is 0 Å². The van der Waals surface area contributed by atoms with Crippen LogP contribution in [0.3, 0.4) is 0 Å². The van der Waals surface area contributed by atoms with Crippen molar-refractivity contribution in [3.8, 4) is 17.2 Å². The maximum atomic E-state index is 12.8. The molecule has 1 saturated heterocycles. The first-order valence-electron chi connectivity index (χ1n) is 8.46. The Labute approximate surface area is 161 Å². The first-order chi connectivity index (χ1) is 13.4. The van der Waals surface area contributed by atoms with Crippen LogP contribution in [0.1, 0.15) is 12.5 Å². The lowest BCUT2D eigenvalue weighted by Crippen LogP contribution is -2.54. The number of amides is 4. The highest BCUT2D eigenvalue weighted by molar-refractivity contribution is 6.39. The Bertz CT molecular complexity index is 965. The van der Waals surface area contributed by atoms with Crippen molar-refractivity contribution in [2.45, 2.75) is 6.92 Å². The summed E-state index contributed by atoms with van der Waals surface area (Å²) in [5, 5.41) is 11.5. The SMILES string of the molecule is CCOc1ccc(/C=C2\C(=O)NC(=O)N(c3ccc(O)cc3)C2=O)cc1OC. The third-order valence-corrected chi connectivity index (χ3v) is 4.01. The number of methoxy groups -OCH3 is 1. The van der Waals surface area contributed by atoms with Crippen LogP contribution in [0.25, 0.3) is 6.08 Å². The minimum Gasteiger partial charge on any atom is -0.508 e. The van der Waals surface area contributed by atoms with Crippen LogP contribution in [0.5, 0.6) is 17.2 Å². The monoisotopic (exact) mass is 382 g/mol. The van der Waals surface area contributed by atoms with E-state index in [1.807, 2.05) is 6.92 Å². The number of phenolic OH excluding ortho intramolecular Hbond substituents is 1. The largest absolute Gasteiger partial charge is 0.508 e. The number of nitrogens with one attached hydrogen (secondary N) is 1. The number of phenols is 1. The van der Waals surface area contributed by atoms with Gasteiger partial charge in [-0.2, -0.15) is 0 Å². The van der Waals surface area contributed by atoms with E-state index < -0.39 is 17.8 Å². The summed E-state index contributed by atoms with van der Waals surface area (Å²) in [5.74, 6) is -0.592. The van der Waals surface area contributed by atoms with Gasteiger partial charge >= 0.3 is 6.03 Å². The molecule has 144 valence electrons.